The Morgan fingerprint density at radius 3 is 2.18 bits per heavy atom. The highest BCUT2D eigenvalue weighted by Gasteiger charge is 2.32. The molecule has 88 valence electrons. The highest BCUT2D eigenvalue weighted by molar-refractivity contribution is 5.58. The van der Waals surface area contributed by atoms with Gasteiger partial charge in [-0.15, -0.1) is 0 Å². The van der Waals surface area contributed by atoms with Gasteiger partial charge in [0.15, 0.2) is 5.69 Å². The topological polar surface area (TPSA) is 25.8 Å². The molecule has 0 aliphatic heterocycles. The van der Waals surface area contributed by atoms with Crippen molar-refractivity contribution in [1.82, 2.24) is 9.97 Å². The lowest BCUT2D eigenvalue weighted by molar-refractivity contribution is -0.141. The van der Waals surface area contributed by atoms with Crippen molar-refractivity contribution in [2.24, 2.45) is 0 Å². The zero-order valence-corrected chi connectivity index (χ0v) is 8.37. The minimum absolute atomic E-state index is 0.0658. The van der Waals surface area contributed by atoms with Crippen LogP contribution in [0.25, 0.3) is 11.3 Å². The first-order valence-electron chi connectivity index (χ1n) is 4.62. The molecular weight excluding hydrogens is 236 g/mol. The maximum absolute atomic E-state index is 13.3. The van der Waals surface area contributed by atoms with Gasteiger partial charge in [0.05, 0.1) is 18.1 Å². The van der Waals surface area contributed by atoms with E-state index in [0.717, 1.165) is 6.20 Å². The molecule has 0 saturated carbocycles. The van der Waals surface area contributed by atoms with Crippen LogP contribution < -0.4 is 0 Å². The highest BCUT2D eigenvalue weighted by atomic mass is 19.4. The molecule has 0 fully saturated rings. The van der Waals surface area contributed by atoms with Crippen molar-refractivity contribution in [3.8, 4) is 11.3 Å². The van der Waals surface area contributed by atoms with Gasteiger partial charge in [0.2, 0.25) is 0 Å². The molecule has 0 amide bonds. The van der Waals surface area contributed by atoms with Gasteiger partial charge in [-0.3, -0.25) is 4.98 Å². The Morgan fingerprint density at radius 2 is 1.65 bits per heavy atom. The fraction of sp³-hybridized carbons (Fsp3) is 0.0909. The van der Waals surface area contributed by atoms with Crippen LogP contribution in [0.1, 0.15) is 5.69 Å². The van der Waals surface area contributed by atoms with E-state index in [1.807, 2.05) is 0 Å². The van der Waals surface area contributed by atoms with Crippen LogP contribution in [-0.2, 0) is 6.18 Å². The van der Waals surface area contributed by atoms with Gasteiger partial charge in [0.1, 0.15) is 5.82 Å². The largest absolute Gasteiger partial charge is 0.434 e. The molecular formula is C11H6F4N2. The molecule has 1 aromatic heterocycles. The summed E-state index contributed by atoms with van der Waals surface area (Å²) in [6, 6.07) is 5.68. The molecule has 0 atom stereocenters. The summed E-state index contributed by atoms with van der Waals surface area (Å²) in [6.07, 6.45) is -3.05. The normalized spacial score (nSPS) is 11.5. The average molecular weight is 242 g/mol. The molecule has 0 aliphatic carbocycles. The quantitative estimate of drug-likeness (QED) is 0.717. The molecule has 0 radical (unpaired) electrons. The van der Waals surface area contributed by atoms with E-state index in [1.165, 1.54) is 18.2 Å². The summed E-state index contributed by atoms with van der Waals surface area (Å²) < 4.78 is 50.0. The van der Waals surface area contributed by atoms with Crippen molar-refractivity contribution in [2.75, 3.05) is 0 Å². The number of alkyl halides is 3. The molecule has 2 nitrogen and oxygen atoms in total. The van der Waals surface area contributed by atoms with Crippen LogP contribution in [0.15, 0.2) is 36.7 Å². The third-order valence-corrected chi connectivity index (χ3v) is 2.09. The predicted molar refractivity (Wildman–Crippen MR) is 52.4 cm³/mol. The van der Waals surface area contributed by atoms with E-state index in [9.17, 15) is 17.6 Å². The Kier molecular flexibility index (Phi) is 2.79. The summed E-state index contributed by atoms with van der Waals surface area (Å²) in [5.41, 5.74) is -0.914. The minimum atomic E-state index is -4.54. The van der Waals surface area contributed by atoms with Crippen molar-refractivity contribution in [3.63, 3.8) is 0 Å². The second-order valence-electron chi connectivity index (χ2n) is 3.26. The summed E-state index contributed by atoms with van der Waals surface area (Å²) in [7, 11) is 0. The molecule has 1 aromatic carbocycles. The Bertz CT molecular complexity index is 520. The van der Waals surface area contributed by atoms with Gasteiger partial charge in [-0.2, -0.15) is 13.2 Å². The van der Waals surface area contributed by atoms with E-state index in [1.54, 1.807) is 6.07 Å². The summed E-state index contributed by atoms with van der Waals surface area (Å²) in [5.74, 6) is -0.554. The molecule has 0 N–H and O–H groups in total. The Labute approximate surface area is 94.0 Å². The molecule has 0 aliphatic rings. The summed E-state index contributed by atoms with van der Waals surface area (Å²) in [5, 5.41) is 0. The van der Waals surface area contributed by atoms with Crippen LogP contribution in [0, 0.1) is 5.82 Å². The van der Waals surface area contributed by atoms with Crippen LogP contribution in [-0.4, -0.2) is 9.97 Å². The lowest BCUT2D eigenvalue weighted by Gasteiger charge is -2.06. The average Bonchev–Trinajstić information content (AvgIpc) is 2.29. The van der Waals surface area contributed by atoms with Gasteiger partial charge < -0.3 is 0 Å². The first-order valence-corrected chi connectivity index (χ1v) is 4.62. The number of rotatable bonds is 1. The lowest BCUT2D eigenvalue weighted by atomic mass is 10.1. The number of hydrogen-bond donors (Lipinski definition) is 0. The smallest absolute Gasteiger partial charge is 0.252 e. The molecule has 0 bridgehead atoms. The maximum Gasteiger partial charge on any atom is 0.434 e. The van der Waals surface area contributed by atoms with Crippen molar-refractivity contribution in [2.45, 2.75) is 6.18 Å². The van der Waals surface area contributed by atoms with E-state index < -0.39 is 17.7 Å². The Balaban J connectivity index is 2.40. The van der Waals surface area contributed by atoms with E-state index in [4.69, 9.17) is 0 Å². The molecule has 0 spiro atoms. The second-order valence-corrected chi connectivity index (χ2v) is 3.26. The van der Waals surface area contributed by atoms with Crippen LogP contribution in [0.3, 0.4) is 0 Å². The van der Waals surface area contributed by atoms with Gasteiger partial charge >= 0.3 is 6.18 Å². The van der Waals surface area contributed by atoms with Crippen molar-refractivity contribution in [1.29, 1.82) is 0 Å². The fourth-order valence-corrected chi connectivity index (χ4v) is 1.28. The lowest BCUT2D eigenvalue weighted by Crippen LogP contribution is -2.08. The van der Waals surface area contributed by atoms with Gasteiger partial charge in [-0.1, -0.05) is 12.1 Å². The standard InChI is InChI=1S/C11H6F4N2/c12-8-4-2-1-3-7(8)9-5-17-10(6-16-9)11(13,14)15/h1-6H. The number of halogens is 4. The predicted octanol–water partition coefficient (Wildman–Crippen LogP) is 3.30. The molecule has 2 aromatic rings. The van der Waals surface area contributed by atoms with Crippen molar-refractivity contribution >= 4 is 0 Å². The van der Waals surface area contributed by atoms with E-state index in [0.29, 0.717) is 6.20 Å². The highest BCUT2D eigenvalue weighted by Crippen LogP contribution is 2.28. The SMILES string of the molecule is Fc1ccccc1-c1cnc(C(F)(F)F)cn1. The van der Waals surface area contributed by atoms with E-state index >= 15 is 0 Å². The maximum atomic E-state index is 13.3. The second kappa shape index (κ2) is 4.12. The molecule has 17 heavy (non-hydrogen) atoms. The third kappa shape index (κ3) is 2.41. The molecule has 6 heteroatoms. The molecule has 0 unspecified atom stereocenters. The van der Waals surface area contributed by atoms with Crippen LogP contribution >= 0.6 is 0 Å². The van der Waals surface area contributed by atoms with Crippen molar-refractivity contribution in [3.05, 3.63) is 48.2 Å². The van der Waals surface area contributed by atoms with E-state index in [-0.39, 0.29) is 11.3 Å². The number of benzene rings is 1. The zero-order valence-electron chi connectivity index (χ0n) is 8.37. The first kappa shape index (κ1) is 11.5. The summed E-state index contributed by atoms with van der Waals surface area (Å²) in [4.78, 5) is 6.77. The van der Waals surface area contributed by atoms with E-state index in [2.05, 4.69) is 9.97 Å². The van der Waals surface area contributed by atoms with Crippen LogP contribution in [0.2, 0.25) is 0 Å². The van der Waals surface area contributed by atoms with Crippen molar-refractivity contribution < 1.29 is 17.6 Å². The summed E-state index contributed by atoms with van der Waals surface area (Å²) >= 11 is 0. The molecule has 0 saturated heterocycles. The first-order chi connectivity index (χ1) is 7.98. The molecule has 2 rings (SSSR count). The summed E-state index contributed by atoms with van der Waals surface area (Å²) in [6.45, 7) is 0. The van der Waals surface area contributed by atoms with Gasteiger partial charge in [0.25, 0.3) is 0 Å². The Hall–Kier alpha value is -1.98. The Morgan fingerprint density at radius 1 is 0.941 bits per heavy atom. The molecule has 1 heterocycles. The number of hydrogen-bond acceptors (Lipinski definition) is 2. The fourth-order valence-electron chi connectivity index (χ4n) is 1.28. The number of nitrogens with zero attached hydrogens (tertiary/aromatic N) is 2. The zero-order chi connectivity index (χ0) is 12.5. The van der Waals surface area contributed by atoms with Crippen LogP contribution in [0.5, 0.6) is 0 Å². The van der Waals surface area contributed by atoms with Crippen LogP contribution in [0.4, 0.5) is 17.6 Å². The minimum Gasteiger partial charge on any atom is -0.252 e. The van der Waals surface area contributed by atoms with Gasteiger partial charge in [0, 0.05) is 5.56 Å². The third-order valence-electron chi connectivity index (χ3n) is 2.09. The van der Waals surface area contributed by atoms with Gasteiger partial charge in [-0.05, 0) is 12.1 Å². The van der Waals surface area contributed by atoms with Gasteiger partial charge in [-0.25, -0.2) is 9.37 Å². The number of aromatic nitrogens is 2. The monoisotopic (exact) mass is 242 g/mol.